The molecule has 0 aliphatic rings. The van der Waals surface area contributed by atoms with Crippen molar-refractivity contribution in [1.29, 1.82) is 0 Å². The highest BCUT2D eigenvalue weighted by Crippen LogP contribution is 2.24. The number of aldehydes is 1. The van der Waals surface area contributed by atoms with Crippen molar-refractivity contribution in [2.75, 3.05) is 7.11 Å². The molecule has 1 atom stereocenters. The minimum absolute atomic E-state index is 0.0962. The number of para-hydroxylation sites is 1. The van der Waals surface area contributed by atoms with Gasteiger partial charge in [-0.2, -0.15) is 0 Å². The molecule has 0 spiro atoms. The monoisotopic (exact) mass is 164 g/mol. The van der Waals surface area contributed by atoms with Gasteiger partial charge in [-0.1, -0.05) is 25.1 Å². The lowest BCUT2D eigenvalue weighted by molar-refractivity contribution is -0.108. The summed E-state index contributed by atoms with van der Waals surface area (Å²) in [4.78, 5) is 10.5. The van der Waals surface area contributed by atoms with Crippen molar-refractivity contribution in [1.82, 2.24) is 0 Å². The Morgan fingerprint density at radius 1 is 1.42 bits per heavy atom. The molecule has 0 saturated heterocycles. The van der Waals surface area contributed by atoms with Gasteiger partial charge < -0.3 is 9.53 Å². The van der Waals surface area contributed by atoms with Crippen LogP contribution in [0.25, 0.3) is 0 Å². The summed E-state index contributed by atoms with van der Waals surface area (Å²) in [5, 5.41) is 0. The lowest BCUT2D eigenvalue weighted by Gasteiger charge is -2.09. The third-order valence-electron chi connectivity index (χ3n) is 1.83. The molecule has 0 bridgehead atoms. The van der Waals surface area contributed by atoms with E-state index < -0.39 is 0 Å². The van der Waals surface area contributed by atoms with Crippen LogP contribution in [-0.2, 0) is 4.79 Å². The van der Waals surface area contributed by atoms with Crippen LogP contribution in [0.1, 0.15) is 18.4 Å². The Bertz CT molecular complexity index is 268. The summed E-state index contributed by atoms with van der Waals surface area (Å²) < 4.78 is 5.11. The summed E-state index contributed by atoms with van der Waals surface area (Å²) in [6.07, 6.45) is 0.915. The lowest BCUT2D eigenvalue weighted by atomic mass is 10.0. The van der Waals surface area contributed by atoms with E-state index in [2.05, 4.69) is 0 Å². The summed E-state index contributed by atoms with van der Waals surface area (Å²) in [6, 6.07) is 7.55. The van der Waals surface area contributed by atoms with Gasteiger partial charge in [0.15, 0.2) is 0 Å². The fraction of sp³-hybridized carbons (Fsp3) is 0.300. The first-order valence-corrected chi connectivity index (χ1v) is 3.87. The van der Waals surface area contributed by atoms with E-state index in [1.165, 1.54) is 0 Å². The summed E-state index contributed by atoms with van der Waals surface area (Å²) in [6.45, 7) is 1.85. The maximum absolute atomic E-state index is 10.5. The van der Waals surface area contributed by atoms with Gasteiger partial charge in [-0.25, -0.2) is 0 Å². The first-order valence-electron chi connectivity index (χ1n) is 3.87. The fourth-order valence-corrected chi connectivity index (χ4v) is 1.12. The second-order valence-corrected chi connectivity index (χ2v) is 2.67. The van der Waals surface area contributed by atoms with Crippen LogP contribution in [0.5, 0.6) is 5.75 Å². The molecule has 2 heteroatoms. The molecule has 0 heterocycles. The fourth-order valence-electron chi connectivity index (χ4n) is 1.12. The maximum Gasteiger partial charge on any atom is 0.127 e. The van der Waals surface area contributed by atoms with Gasteiger partial charge in [0.2, 0.25) is 0 Å². The number of carbonyl (C=O) groups excluding carboxylic acids is 1. The van der Waals surface area contributed by atoms with Gasteiger partial charge in [-0.05, 0) is 6.07 Å². The van der Waals surface area contributed by atoms with Gasteiger partial charge in [0, 0.05) is 11.5 Å². The second-order valence-electron chi connectivity index (χ2n) is 2.67. The number of hydrogen-bond donors (Lipinski definition) is 0. The Labute approximate surface area is 72.2 Å². The SMILES string of the molecule is COc1ccccc1[C@@H](C)C=O. The quantitative estimate of drug-likeness (QED) is 0.639. The summed E-state index contributed by atoms with van der Waals surface area (Å²) in [7, 11) is 1.61. The Kier molecular flexibility index (Phi) is 2.86. The van der Waals surface area contributed by atoms with E-state index >= 15 is 0 Å². The zero-order chi connectivity index (χ0) is 8.97. The number of hydrogen-bond acceptors (Lipinski definition) is 2. The van der Waals surface area contributed by atoms with Gasteiger partial charge >= 0.3 is 0 Å². The van der Waals surface area contributed by atoms with E-state index in [0.717, 1.165) is 17.6 Å². The topological polar surface area (TPSA) is 26.3 Å². The number of ether oxygens (including phenoxy) is 1. The van der Waals surface area contributed by atoms with Crippen LogP contribution in [0.2, 0.25) is 0 Å². The predicted molar refractivity (Wildman–Crippen MR) is 47.5 cm³/mol. The highest BCUT2D eigenvalue weighted by Gasteiger charge is 2.08. The molecule has 2 nitrogen and oxygen atoms in total. The molecule has 0 aliphatic carbocycles. The Balaban J connectivity index is 3.04. The van der Waals surface area contributed by atoms with Crippen LogP contribution >= 0.6 is 0 Å². The lowest BCUT2D eigenvalue weighted by Crippen LogP contribution is -1.97. The van der Waals surface area contributed by atoms with Crippen molar-refractivity contribution in [2.24, 2.45) is 0 Å². The molecule has 0 N–H and O–H groups in total. The van der Waals surface area contributed by atoms with Crippen molar-refractivity contribution in [3.05, 3.63) is 29.8 Å². The maximum atomic E-state index is 10.5. The van der Waals surface area contributed by atoms with Crippen LogP contribution in [-0.4, -0.2) is 13.4 Å². The normalized spacial score (nSPS) is 12.2. The summed E-state index contributed by atoms with van der Waals surface area (Å²) in [5.74, 6) is 0.679. The number of methoxy groups -OCH3 is 1. The van der Waals surface area contributed by atoms with E-state index in [1.807, 2.05) is 31.2 Å². The van der Waals surface area contributed by atoms with E-state index in [9.17, 15) is 4.79 Å². The van der Waals surface area contributed by atoms with Crippen LogP contribution in [0.3, 0.4) is 0 Å². The molecule has 1 rings (SSSR count). The van der Waals surface area contributed by atoms with Gasteiger partial charge in [-0.3, -0.25) is 0 Å². The highest BCUT2D eigenvalue weighted by molar-refractivity contribution is 5.63. The number of carbonyl (C=O) groups is 1. The zero-order valence-corrected chi connectivity index (χ0v) is 7.28. The third-order valence-corrected chi connectivity index (χ3v) is 1.83. The molecular formula is C10H12O2. The minimum Gasteiger partial charge on any atom is -0.496 e. The van der Waals surface area contributed by atoms with Crippen molar-refractivity contribution in [2.45, 2.75) is 12.8 Å². The van der Waals surface area contributed by atoms with E-state index in [-0.39, 0.29) is 5.92 Å². The molecule has 1 aromatic rings. The van der Waals surface area contributed by atoms with Gasteiger partial charge in [0.25, 0.3) is 0 Å². The molecule has 12 heavy (non-hydrogen) atoms. The molecule has 64 valence electrons. The largest absolute Gasteiger partial charge is 0.496 e. The van der Waals surface area contributed by atoms with Crippen LogP contribution in [0.15, 0.2) is 24.3 Å². The molecule has 0 fully saturated rings. The van der Waals surface area contributed by atoms with Crippen molar-refractivity contribution < 1.29 is 9.53 Å². The zero-order valence-electron chi connectivity index (χ0n) is 7.28. The minimum atomic E-state index is -0.0962. The number of rotatable bonds is 3. The molecule has 0 radical (unpaired) electrons. The Morgan fingerprint density at radius 3 is 2.67 bits per heavy atom. The summed E-state index contributed by atoms with van der Waals surface area (Å²) >= 11 is 0. The Morgan fingerprint density at radius 2 is 2.08 bits per heavy atom. The van der Waals surface area contributed by atoms with Gasteiger partial charge in [0.05, 0.1) is 7.11 Å². The molecule has 0 unspecified atom stereocenters. The molecule has 1 aromatic carbocycles. The van der Waals surface area contributed by atoms with Gasteiger partial charge in [0.1, 0.15) is 12.0 Å². The average Bonchev–Trinajstić information content (AvgIpc) is 2.16. The predicted octanol–water partition coefficient (Wildman–Crippen LogP) is 2.00. The Hall–Kier alpha value is -1.31. The van der Waals surface area contributed by atoms with Crippen LogP contribution in [0.4, 0.5) is 0 Å². The first kappa shape index (κ1) is 8.78. The van der Waals surface area contributed by atoms with E-state index in [0.29, 0.717) is 0 Å². The van der Waals surface area contributed by atoms with Crippen LogP contribution in [0, 0.1) is 0 Å². The van der Waals surface area contributed by atoms with Crippen molar-refractivity contribution in [3.8, 4) is 5.75 Å². The van der Waals surface area contributed by atoms with E-state index in [1.54, 1.807) is 7.11 Å². The van der Waals surface area contributed by atoms with E-state index in [4.69, 9.17) is 4.74 Å². The van der Waals surface area contributed by atoms with Crippen LogP contribution < -0.4 is 4.74 Å². The molecule has 0 aromatic heterocycles. The smallest absolute Gasteiger partial charge is 0.127 e. The highest BCUT2D eigenvalue weighted by atomic mass is 16.5. The summed E-state index contributed by atoms with van der Waals surface area (Å²) in [5.41, 5.74) is 0.940. The van der Waals surface area contributed by atoms with Gasteiger partial charge in [-0.15, -0.1) is 0 Å². The molecular weight excluding hydrogens is 152 g/mol. The standard InChI is InChI=1S/C10H12O2/c1-8(7-11)9-5-3-4-6-10(9)12-2/h3-8H,1-2H3/t8-/m0/s1. The second kappa shape index (κ2) is 3.90. The molecule has 0 aliphatic heterocycles. The molecule has 0 amide bonds. The molecule has 0 saturated carbocycles. The first-order chi connectivity index (χ1) is 5.79. The average molecular weight is 164 g/mol. The van der Waals surface area contributed by atoms with Crippen molar-refractivity contribution in [3.63, 3.8) is 0 Å². The third kappa shape index (κ3) is 1.64. The van der Waals surface area contributed by atoms with Crippen molar-refractivity contribution >= 4 is 6.29 Å². The number of benzene rings is 1.